The van der Waals surface area contributed by atoms with E-state index in [0.717, 1.165) is 12.0 Å². The number of ketones is 1. The molecule has 0 saturated carbocycles. The van der Waals surface area contributed by atoms with Crippen molar-refractivity contribution >= 4 is 29.0 Å². The second-order valence-electron chi connectivity index (χ2n) is 4.69. The summed E-state index contributed by atoms with van der Waals surface area (Å²) in [4.78, 5) is 12.3. The average Bonchev–Trinajstić information content (AvgIpc) is 2.50. The van der Waals surface area contributed by atoms with E-state index in [9.17, 15) is 4.79 Å². The number of hydrogen-bond donors (Lipinski definition) is 0. The van der Waals surface area contributed by atoms with Crippen molar-refractivity contribution < 1.29 is 9.53 Å². The number of benzene rings is 2. The standard InChI is InChI=1S/C17H16Cl2O2/c1-2-9-21-14-7-3-5-12(10-14)16(20)11-13-6-4-8-15(18)17(13)19/h3-8,10H,2,9,11H2,1H3. The highest BCUT2D eigenvalue weighted by Crippen LogP contribution is 2.26. The van der Waals surface area contributed by atoms with Gasteiger partial charge in [0, 0.05) is 12.0 Å². The number of ether oxygens (including phenoxy) is 1. The lowest BCUT2D eigenvalue weighted by molar-refractivity contribution is 0.0992. The van der Waals surface area contributed by atoms with E-state index < -0.39 is 0 Å². The van der Waals surface area contributed by atoms with Crippen LogP contribution in [0, 0.1) is 0 Å². The zero-order valence-corrected chi connectivity index (χ0v) is 13.2. The Morgan fingerprint density at radius 3 is 2.67 bits per heavy atom. The van der Waals surface area contributed by atoms with Gasteiger partial charge in [-0.05, 0) is 30.2 Å². The van der Waals surface area contributed by atoms with Crippen LogP contribution in [0.4, 0.5) is 0 Å². The molecule has 2 nitrogen and oxygen atoms in total. The molecule has 0 aromatic heterocycles. The van der Waals surface area contributed by atoms with Crippen LogP contribution in [-0.2, 0) is 6.42 Å². The van der Waals surface area contributed by atoms with Crippen molar-refractivity contribution in [2.45, 2.75) is 19.8 Å². The minimum Gasteiger partial charge on any atom is -0.494 e. The van der Waals surface area contributed by atoms with Gasteiger partial charge in [0.2, 0.25) is 0 Å². The van der Waals surface area contributed by atoms with Crippen LogP contribution in [-0.4, -0.2) is 12.4 Å². The Kier molecular flexibility index (Phi) is 5.66. The molecule has 0 fully saturated rings. The van der Waals surface area contributed by atoms with Crippen molar-refractivity contribution in [2.75, 3.05) is 6.61 Å². The van der Waals surface area contributed by atoms with Gasteiger partial charge in [0.05, 0.1) is 16.7 Å². The van der Waals surface area contributed by atoms with Gasteiger partial charge in [-0.15, -0.1) is 0 Å². The Hall–Kier alpha value is -1.51. The van der Waals surface area contributed by atoms with Gasteiger partial charge in [0.25, 0.3) is 0 Å². The molecule has 2 aromatic carbocycles. The van der Waals surface area contributed by atoms with Crippen LogP contribution < -0.4 is 4.74 Å². The molecule has 0 atom stereocenters. The highest BCUT2D eigenvalue weighted by Gasteiger charge is 2.12. The van der Waals surface area contributed by atoms with Crippen molar-refractivity contribution in [2.24, 2.45) is 0 Å². The molecule has 110 valence electrons. The summed E-state index contributed by atoms with van der Waals surface area (Å²) in [5.74, 6) is 0.695. The van der Waals surface area contributed by atoms with Gasteiger partial charge in [-0.1, -0.05) is 54.4 Å². The Labute approximate surface area is 134 Å². The third-order valence-corrected chi connectivity index (χ3v) is 3.87. The second kappa shape index (κ2) is 7.48. The smallest absolute Gasteiger partial charge is 0.167 e. The molecule has 0 heterocycles. The molecule has 0 unspecified atom stereocenters. The van der Waals surface area contributed by atoms with Crippen molar-refractivity contribution in [1.82, 2.24) is 0 Å². The summed E-state index contributed by atoms with van der Waals surface area (Å²) in [5.41, 5.74) is 1.34. The first-order chi connectivity index (χ1) is 10.1. The first-order valence-electron chi connectivity index (χ1n) is 6.80. The van der Waals surface area contributed by atoms with Gasteiger partial charge in [-0.2, -0.15) is 0 Å². The average molecular weight is 323 g/mol. The Bertz CT molecular complexity index is 638. The van der Waals surface area contributed by atoms with Crippen LogP contribution in [0.15, 0.2) is 42.5 Å². The van der Waals surface area contributed by atoms with Gasteiger partial charge in [-0.3, -0.25) is 4.79 Å². The van der Waals surface area contributed by atoms with E-state index in [2.05, 4.69) is 0 Å². The van der Waals surface area contributed by atoms with Crippen molar-refractivity contribution in [1.29, 1.82) is 0 Å². The number of hydrogen-bond acceptors (Lipinski definition) is 2. The number of carbonyl (C=O) groups is 1. The second-order valence-corrected chi connectivity index (χ2v) is 5.47. The first kappa shape index (κ1) is 15.9. The van der Waals surface area contributed by atoms with Gasteiger partial charge in [0.15, 0.2) is 5.78 Å². The Morgan fingerprint density at radius 1 is 1.14 bits per heavy atom. The van der Waals surface area contributed by atoms with E-state index in [4.69, 9.17) is 27.9 Å². The van der Waals surface area contributed by atoms with E-state index in [-0.39, 0.29) is 12.2 Å². The third-order valence-electron chi connectivity index (χ3n) is 3.01. The minimum absolute atomic E-state index is 0.0129. The van der Waals surface area contributed by atoms with Crippen LogP contribution >= 0.6 is 23.2 Å². The molecule has 2 aromatic rings. The third kappa shape index (κ3) is 4.23. The fourth-order valence-corrected chi connectivity index (χ4v) is 2.33. The molecule has 21 heavy (non-hydrogen) atoms. The van der Waals surface area contributed by atoms with Gasteiger partial charge < -0.3 is 4.74 Å². The molecule has 0 aliphatic rings. The lowest BCUT2D eigenvalue weighted by atomic mass is 10.0. The van der Waals surface area contributed by atoms with E-state index in [1.54, 1.807) is 24.3 Å². The van der Waals surface area contributed by atoms with E-state index in [0.29, 0.717) is 28.0 Å². The zero-order chi connectivity index (χ0) is 15.2. The fraction of sp³-hybridized carbons (Fsp3) is 0.235. The molecule has 4 heteroatoms. The maximum atomic E-state index is 12.3. The van der Waals surface area contributed by atoms with Crippen molar-refractivity contribution in [3.63, 3.8) is 0 Å². The summed E-state index contributed by atoms with van der Waals surface area (Å²) in [6, 6.07) is 12.5. The molecular weight excluding hydrogens is 307 g/mol. The largest absolute Gasteiger partial charge is 0.494 e. The lowest BCUT2D eigenvalue weighted by Gasteiger charge is -2.08. The SMILES string of the molecule is CCCOc1cccc(C(=O)Cc2cccc(Cl)c2Cl)c1. The number of carbonyl (C=O) groups excluding carboxylic acids is 1. The highest BCUT2D eigenvalue weighted by atomic mass is 35.5. The van der Waals surface area contributed by atoms with Crippen molar-refractivity contribution in [3.8, 4) is 5.75 Å². The zero-order valence-electron chi connectivity index (χ0n) is 11.7. The predicted octanol–water partition coefficient (Wildman–Crippen LogP) is 5.21. The fourth-order valence-electron chi connectivity index (χ4n) is 1.94. The molecule has 0 N–H and O–H groups in total. The maximum Gasteiger partial charge on any atom is 0.167 e. The summed E-state index contributed by atoms with van der Waals surface area (Å²) in [6.45, 7) is 2.67. The van der Waals surface area contributed by atoms with Crippen LogP contribution in [0.3, 0.4) is 0 Å². The summed E-state index contributed by atoms with van der Waals surface area (Å²) in [7, 11) is 0. The molecule has 2 rings (SSSR count). The number of Topliss-reactive ketones (excluding diaryl/α,β-unsaturated/α-hetero) is 1. The van der Waals surface area contributed by atoms with Crippen LogP contribution in [0.5, 0.6) is 5.75 Å². The summed E-state index contributed by atoms with van der Waals surface area (Å²) >= 11 is 12.1. The van der Waals surface area contributed by atoms with Crippen LogP contribution in [0.1, 0.15) is 29.3 Å². The van der Waals surface area contributed by atoms with Gasteiger partial charge in [-0.25, -0.2) is 0 Å². The number of rotatable bonds is 6. The van der Waals surface area contributed by atoms with Crippen LogP contribution in [0.25, 0.3) is 0 Å². The quantitative estimate of drug-likeness (QED) is 0.682. The first-order valence-corrected chi connectivity index (χ1v) is 7.56. The molecule has 0 aliphatic carbocycles. The van der Waals surface area contributed by atoms with E-state index in [1.807, 2.05) is 25.1 Å². The molecule has 0 spiro atoms. The van der Waals surface area contributed by atoms with Gasteiger partial charge >= 0.3 is 0 Å². The Morgan fingerprint density at radius 2 is 1.90 bits per heavy atom. The topological polar surface area (TPSA) is 26.3 Å². The molecule has 0 aliphatic heterocycles. The number of halogens is 2. The normalized spacial score (nSPS) is 10.4. The van der Waals surface area contributed by atoms with Crippen LogP contribution in [0.2, 0.25) is 10.0 Å². The summed E-state index contributed by atoms with van der Waals surface area (Å²) < 4.78 is 5.54. The van der Waals surface area contributed by atoms with E-state index >= 15 is 0 Å². The monoisotopic (exact) mass is 322 g/mol. The molecule has 0 amide bonds. The highest BCUT2D eigenvalue weighted by molar-refractivity contribution is 6.42. The molecule has 0 radical (unpaired) electrons. The summed E-state index contributed by atoms with van der Waals surface area (Å²) in [6.07, 6.45) is 1.15. The maximum absolute atomic E-state index is 12.3. The molecule has 0 saturated heterocycles. The lowest BCUT2D eigenvalue weighted by Crippen LogP contribution is -2.05. The van der Waals surface area contributed by atoms with Crippen molar-refractivity contribution in [3.05, 3.63) is 63.6 Å². The predicted molar refractivity (Wildman–Crippen MR) is 86.7 cm³/mol. The minimum atomic E-state index is -0.0129. The Balaban J connectivity index is 2.15. The van der Waals surface area contributed by atoms with E-state index in [1.165, 1.54) is 0 Å². The molecular formula is C17H16Cl2O2. The van der Waals surface area contributed by atoms with Gasteiger partial charge in [0.1, 0.15) is 5.75 Å². The molecule has 0 bridgehead atoms. The summed E-state index contributed by atoms with van der Waals surface area (Å²) in [5, 5.41) is 0.896.